The van der Waals surface area contributed by atoms with Gasteiger partial charge in [-0.2, -0.15) is 0 Å². The second-order valence-corrected chi connectivity index (χ2v) is 7.63. The van der Waals surface area contributed by atoms with Gasteiger partial charge in [-0.1, -0.05) is 42.5 Å². The van der Waals surface area contributed by atoms with E-state index in [0.29, 0.717) is 18.7 Å². The van der Waals surface area contributed by atoms with Gasteiger partial charge in [0.15, 0.2) is 0 Å². The first-order valence-electron chi connectivity index (χ1n) is 10.3. The second kappa shape index (κ2) is 8.03. The summed E-state index contributed by atoms with van der Waals surface area (Å²) in [7, 11) is 0. The summed E-state index contributed by atoms with van der Waals surface area (Å²) in [5.41, 5.74) is 4.49. The third kappa shape index (κ3) is 3.90. The number of benzene rings is 3. The number of carbonyl (C=O) groups is 1. The predicted octanol–water partition coefficient (Wildman–Crippen LogP) is 4.87. The molecule has 2 aromatic heterocycles. The molecule has 2 heterocycles. The largest absolute Gasteiger partial charge is 0.346 e. The summed E-state index contributed by atoms with van der Waals surface area (Å²) in [4.78, 5) is 21.7. The van der Waals surface area contributed by atoms with Crippen molar-refractivity contribution in [1.82, 2.24) is 19.9 Å². The first-order valence-corrected chi connectivity index (χ1v) is 10.3. The van der Waals surface area contributed by atoms with Crippen LogP contribution in [0.15, 0.2) is 85.1 Å². The molecular weight excluding hydrogens is 384 g/mol. The first kappa shape index (κ1) is 19.0. The van der Waals surface area contributed by atoms with Gasteiger partial charge in [0, 0.05) is 18.3 Å². The SMILES string of the molecule is Cc1nc2ccc(C(=O)NCc3ccccn3)cc2n1Cc1ccc2ccccc2c1. The minimum absolute atomic E-state index is 0.122. The van der Waals surface area contributed by atoms with Crippen LogP contribution in [0.25, 0.3) is 21.8 Å². The molecule has 1 amide bonds. The summed E-state index contributed by atoms with van der Waals surface area (Å²) in [6, 6.07) is 26.2. The molecule has 0 bridgehead atoms. The van der Waals surface area contributed by atoms with Gasteiger partial charge in [0.1, 0.15) is 5.82 Å². The highest BCUT2D eigenvalue weighted by atomic mass is 16.1. The van der Waals surface area contributed by atoms with E-state index >= 15 is 0 Å². The third-order valence-corrected chi connectivity index (χ3v) is 5.51. The van der Waals surface area contributed by atoms with Crippen LogP contribution in [0.5, 0.6) is 0 Å². The molecule has 0 aliphatic carbocycles. The number of aryl methyl sites for hydroxylation is 1. The average Bonchev–Trinajstić information content (AvgIpc) is 3.12. The summed E-state index contributed by atoms with van der Waals surface area (Å²) in [6.07, 6.45) is 1.72. The second-order valence-electron chi connectivity index (χ2n) is 7.63. The zero-order valence-corrected chi connectivity index (χ0v) is 17.2. The van der Waals surface area contributed by atoms with E-state index < -0.39 is 0 Å². The molecule has 0 radical (unpaired) electrons. The zero-order chi connectivity index (χ0) is 21.2. The molecule has 1 N–H and O–H groups in total. The fraction of sp³-hybridized carbons (Fsp3) is 0.115. The molecule has 0 atom stereocenters. The van der Waals surface area contributed by atoms with Gasteiger partial charge in [0.25, 0.3) is 5.91 Å². The maximum absolute atomic E-state index is 12.7. The molecule has 0 spiro atoms. The lowest BCUT2D eigenvalue weighted by atomic mass is 10.1. The van der Waals surface area contributed by atoms with Crippen molar-refractivity contribution < 1.29 is 4.79 Å². The van der Waals surface area contributed by atoms with E-state index in [1.807, 2.05) is 43.3 Å². The Morgan fingerprint density at radius 3 is 2.61 bits per heavy atom. The van der Waals surface area contributed by atoms with Gasteiger partial charge in [-0.25, -0.2) is 4.98 Å². The number of amides is 1. The Morgan fingerprint density at radius 2 is 1.77 bits per heavy atom. The van der Waals surface area contributed by atoms with Crippen molar-refractivity contribution in [1.29, 1.82) is 0 Å². The zero-order valence-electron chi connectivity index (χ0n) is 17.2. The Labute approximate surface area is 180 Å². The smallest absolute Gasteiger partial charge is 0.251 e. The number of nitrogens with zero attached hydrogens (tertiary/aromatic N) is 3. The maximum atomic E-state index is 12.7. The number of pyridine rings is 1. The van der Waals surface area contributed by atoms with Crippen LogP contribution in [0, 0.1) is 6.92 Å². The molecule has 0 fully saturated rings. The third-order valence-electron chi connectivity index (χ3n) is 5.51. The van der Waals surface area contributed by atoms with Crippen LogP contribution < -0.4 is 5.32 Å². The summed E-state index contributed by atoms with van der Waals surface area (Å²) in [5.74, 6) is 0.804. The van der Waals surface area contributed by atoms with Gasteiger partial charge in [-0.15, -0.1) is 0 Å². The van der Waals surface area contributed by atoms with Crippen molar-refractivity contribution in [3.8, 4) is 0 Å². The van der Waals surface area contributed by atoms with E-state index in [9.17, 15) is 4.79 Å². The highest BCUT2D eigenvalue weighted by Crippen LogP contribution is 2.22. The molecule has 0 saturated heterocycles. The lowest BCUT2D eigenvalue weighted by molar-refractivity contribution is 0.0950. The molecule has 3 aromatic carbocycles. The molecule has 0 aliphatic rings. The van der Waals surface area contributed by atoms with Gasteiger partial charge >= 0.3 is 0 Å². The summed E-state index contributed by atoms with van der Waals surface area (Å²) < 4.78 is 2.16. The molecule has 5 rings (SSSR count). The first-order chi connectivity index (χ1) is 15.2. The Balaban J connectivity index is 1.43. The lowest BCUT2D eigenvalue weighted by Crippen LogP contribution is -2.23. The van der Waals surface area contributed by atoms with Crippen LogP contribution in [0.1, 0.15) is 27.4 Å². The summed E-state index contributed by atoms with van der Waals surface area (Å²) in [6.45, 7) is 3.10. The lowest BCUT2D eigenvalue weighted by Gasteiger charge is -2.10. The average molecular weight is 406 g/mol. The van der Waals surface area contributed by atoms with Gasteiger partial charge in [-0.05, 0) is 59.7 Å². The Hall–Kier alpha value is -3.99. The van der Waals surface area contributed by atoms with Crippen molar-refractivity contribution in [2.24, 2.45) is 0 Å². The maximum Gasteiger partial charge on any atom is 0.251 e. The van der Waals surface area contributed by atoms with Crippen LogP contribution in [0.3, 0.4) is 0 Å². The molecule has 0 unspecified atom stereocenters. The highest BCUT2D eigenvalue weighted by Gasteiger charge is 2.12. The van der Waals surface area contributed by atoms with E-state index in [0.717, 1.165) is 22.6 Å². The van der Waals surface area contributed by atoms with Crippen LogP contribution in [-0.4, -0.2) is 20.4 Å². The number of fused-ring (bicyclic) bond motifs is 2. The van der Waals surface area contributed by atoms with E-state index in [2.05, 4.69) is 62.3 Å². The quantitative estimate of drug-likeness (QED) is 0.453. The molecule has 31 heavy (non-hydrogen) atoms. The number of nitrogens with one attached hydrogen (secondary N) is 1. The fourth-order valence-electron chi connectivity index (χ4n) is 3.88. The Bertz CT molecular complexity index is 1390. The van der Waals surface area contributed by atoms with E-state index in [1.54, 1.807) is 6.20 Å². The van der Waals surface area contributed by atoms with Crippen molar-refractivity contribution in [2.75, 3.05) is 0 Å². The normalized spacial score (nSPS) is 11.1. The van der Waals surface area contributed by atoms with E-state index in [1.165, 1.54) is 16.3 Å². The molecule has 5 nitrogen and oxygen atoms in total. The minimum atomic E-state index is -0.122. The Morgan fingerprint density at radius 1 is 0.935 bits per heavy atom. The van der Waals surface area contributed by atoms with E-state index in [-0.39, 0.29) is 5.91 Å². The summed E-state index contributed by atoms with van der Waals surface area (Å²) >= 11 is 0. The monoisotopic (exact) mass is 406 g/mol. The molecular formula is C26H22N4O. The number of rotatable bonds is 5. The number of hydrogen-bond acceptors (Lipinski definition) is 3. The summed E-state index contributed by atoms with van der Waals surface area (Å²) in [5, 5.41) is 5.39. The van der Waals surface area contributed by atoms with Gasteiger partial charge < -0.3 is 9.88 Å². The number of aromatic nitrogens is 3. The van der Waals surface area contributed by atoms with Crippen molar-refractivity contribution in [3.05, 3.63) is 108 Å². The minimum Gasteiger partial charge on any atom is -0.346 e. The molecule has 0 aliphatic heterocycles. The predicted molar refractivity (Wildman–Crippen MR) is 123 cm³/mol. The van der Waals surface area contributed by atoms with Crippen LogP contribution in [-0.2, 0) is 13.1 Å². The van der Waals surface area contributed by atoms with Crippen molar-refractivity contribution >= 4 is 27.7 Å². The molecule has 5 aromatic rings. The molecule has 5 heteroatoms. The van der Waals surface area contributed by atoms with Crippen molar-refractivity contribution in [3.63, 3.8) is 0 Å². The van der Waals surface area contributed by atoms with E-state index in [4.69, 9.17) is 0 Å². The van der Waals surface area contributed by atoms with Crippen LogP contribution in [0.4, 0.5) is 0 Å². The van der Waals surface area contributed by atoms with Gasteiger partial charge in [0.05, 0.1) is 23.3 Å². The molecule has 0 saturated carbocycles. The van der Waals surface area contributed by atoms with Crippen LogP contribution >= 0.6 is 0 Å². The molecule has 152 valence electrons. The van der Waals surface area contributed by atoms with Gasteiger partial charge in [0.2, 0.25) is 0 Å². The topological polar surface area (TPSA) is 59.8 Å². The highest BCUT2D eigenvalue weighted by molar-refractivity contribution is 5.97. The Kier molecular flexibility index (Phi) is 4.92. The van der Waals surface area contributed by atoms with Crippen molar-refractivity contribution in [2.45, 2.75) is 20.0 Å². The van der Waals surface area contributed by atoms with Crippen LogP contribution in [0.2, 0.25) is 0 Å². The fourth-order valence-corrected chi connectivity index (χ4v) is 3.88. The number of carbonyl (C=O) groups excluding carboxylic acids is 1. The standard InChI is InChI=1S/C26H22N4O/c1-18-29-24-12-11-22(26(31)28-16-23-8-4-5-13-27-23)15-25(24)30(18)17-19-9-10-20-6-2-3-7-21(20)14-19/h2-15H,16-17H2,1H3,(H,28,31). The number of imidazole rings is 1. The number of hydrogen-bond donors (Lipinski definition) is 1. The van der Waals surface area contributed by atoms with Gasteiger partial charge in [-0.3, -0.25) is 9.78 Å².